The predicted octanol–water partition coefficient (Wildman–Crippen LogP) is 1.79. The van der Waals surface area contributed by atoms with E-state index in [1.54, 1.807) is 6.92 Å². The molecule has 1 unspecified atom stereocenters. The molecule has 0 heterocycles. The fourth-order valence-corrected chi connectivity index (χ4v) is 1.41. The number of carbonyl (C=O) groups is 2. The van der Waals surface area contributed by atoms with Crippen molar-refractivity contribution < 1.29 is 27.5 Å². The van der Waals surface area contributed by atoms with E-state index in [1.165, 1.54) is 0 Å². The third-order valence-corrected chi connectivity index (χ3v) is 2.48. The summed E-state index contributed by atoms with van der Waals surface area (Å²) in [6.07, 6.45) is 0.212. The number of rotatable bonds is 4. The molecule has 0 saturated carbocycles. The van der Waals surface area contributed by atoms with Crippen LogP contribution < -0.4 is 5.32 Å². The van der Waals surface area contributed by atoms with Crippen LogP contribution in [0.1, 0.15) is 23.7 Å². The van der Waals surface area contributed by atoms with E-state index in [-0.39, 0.29) is 6.42 Å². The maximum absolute atomic E-state index is 13.4. The molecule has 0 fully saturated rings. The van der Waals surface area contributed by atoms with Gasteiger partial charge in [0.25, 0.3) is 5.91 Å². The maximum atomic E-state index is 13.4. The lowest BCUT2D eigenvalue weighted by Gasteiger charge is -2.14. The highest BCUT2D eigenvalue weighted by atomic mass is 19.2. The van der Waals surface area contributed by atoms with Crippen molar-refractivity contribution in [1.82, 2.24) is 5.32 Å². The van der Waals surface area contributed by atoms with Gasteiger partial charge in [0.15, 0.2) is 17.5 Å². The van der Waals surface area contributed by atoms with Gasteiger partial charge in [-0.3, -0.25) is 4.79 Å². The lowest BCUT2D eigenvalue weighted by Crippen LogP contribution is -2.41. The van der Waals surface area contributed by atoms with Gasteiger partial charge in [-0.1, -0.05) is 6.92 Å². The summed E-state index contributed by atoms with van der Waals surface area (Å²) in [6, 6.07) is 0.449. The van der Waals surface area contributed by atoms with E-state index in [1.807, 2.05) is 0 Å². The molecule has 0 aliphatic heterocycles. The van der Waals surface area contributed by atoms with E-state index in [2.05, 4.69) is 10.1 Å². The fraction of sp³-hybridized carbons (Fsp3) is 0.333. The quantitative estimate of drug-likeness (QED) is 0.673. The van der Waals surface area contributed by atoms with Gasteiger partial charge in [0.1, 0.15) is 6.04 Å². The third-order valence-electron chi connectivity index (χ3n) is 2.48. The summed E-state index contributed by atoms with van der Waals surface area (Å²) < 4.78 is 43.5. The Kier molecular flexibility index (Phi) is 4.91. The van der Waals surface area contributed by atoms with Gasteiger partial charge >= 0.3 is 5.97 Å². The van der Waals surface area contributed by atoms with Crippen molar-refractivity contribution in [3.05, 3.63) is 35.1 Å². The molecule has 0 radical (unpaired) electrons. The number of hydrogen-bond donors (Lipinski definition) is 1. The predicted molar refractivity (Wildman–Crippen MR) is 59.9 cm³/mol. The molecule has 1 aromatic carbocycles. The number of benzene rings is 1. The van der Waals surface area contributed by atoms with Crippen molar-refractivity contribution in [1.29, 1.82) is 0 Å². The summed E-state index contributed by atoms with van der Waals surface area (Å²) in [5.41, 5.74) is -0.679. The summed E-state index contributed by atoms with van der Waals surface area (Å²) in [5, 5.41) is 2.18. The van der Waals surface area contributed by atoms with Crippen LogP contribution in [0.2, 0.25) is 0 Å². The molecule has 0 aromatic heterocycles. The Hall–Kier alpha value is -2.05. The zero-order valence-corrected chi connectivity index (χ0v) is 10.3. The molecule has 19 heavy (non-hydrogen) atoms. The average Bonchev–Trinajstić information content (AvgIpc) is 2.41. The van der Waals surface area contributed by atoms with E-state index in [0.717, 1.165) is 13.2 Å². The minimum atomic E-state index is -1.74. The lowest BCUT2D eigenvalue weighted by atomic mass is 10.1. The number of ether oxygens (including phenoxy) is 1. The van der Waals surface area contributed by atoms with Crippen LogP contribution in [0.3, 0.4) is 0 Å². The van der Waals surface area contributed by atoms with Crippen molar-refractivity contribution in [3.8, 4) is 0 Å². The second-order valence-electron chi connectivity index (χ2n) is 3.68. The molecule has 1 atom stereocenters. The lowest BCUT2D eigenvalue weighted by molar-refractivity contribution is -0.142. The molecule has 0 saturated heterocycles. The zero-order chi connectivity index (χ0) is 14.6. The van der Waals surface area contributed by atoms with Gasteiger partial charge in [-0.2, -0.15) is 0 Å². The fourth-order valence-electron chi connectivity index (χ4n) is 1.41. The van der Waals surface area contributed by atoms with Crippen molar-refractivity contribution >= 4 is 11.9 Å². The van der Waals surface area contributed by atoms with Gasteiger partial charge in [0.05, 0.1) is 12.7 Å². The molecule has 7 heteroatoms. The van der Waals surface area contributed by atoms with Crippen LogP contribution in [-0.2, 0) is 9.53 Å². The molecule has 0 aliphatic carbocycles. The van der Waals surface area contributed by atoms with Gasteiger partial charge in [0.2, 0.25) is 0 Å². The minimum Gasteiger partial charge on any atom is -0.467 e. The van der Waals surface area contributed by atoms with Crippen LogP contribution in [-0.4, -0.2) is 25.0 Å². The maximum Gasteiger partial charge on any atom is 0.328 e. The zero-order valence-electron chi connectivity index (χ0n) is 10.3. The first kappa shape index (κ1) is 15.0. The number of methoxy groups -OCH3 is 1. The molecular formula is C12H12F3NO3. The standard InChI is InChI=1S/C12H12F3NO3/c1-3-8(12(18)19-2)16-11(17)6-4-5-7(13)10(15)9(6)14/h4-5,8H,3H2,1-2H3,(H,16,17). The molecule has 0 spiro atoms. The summed E-state index contributed by atoms with van der Waals surface area (Å²) in [6.45, 7) is 1.60. The average molecular weight is 275 g/mol. The van der Waals surface area contributed by atoms with Crippen LogP contribution in [0.5, 0.6) is 0 Å². The number of esters is 1. The Balaban J connectivity index is 2.95. The highest BCUT2D eigenvalue weighted by Crippen LogP contribution is 2.15. The minimum absolute atomic E-state index is 0.212. The normalized spacial score (nSPS) is 11.8. The summed E-state index contributed by atoms with van der Waals surface area (Å²) in [4.78, 5) is 22.9. The molecule has 0 bridgehead atoms. The number of halogens is 3. The van der Waals surface area contributed by atoms with Crippen molar-refractivity contribution in [2.24, 2.45) is 0 Å². The summed E-state index contributed by atoms with van der Waals surface area (Å²) in [7, 11) is 1.13. The number of hydrogen-bond acceptors (Lipinski definition) is 3. The van der Waals surface area contributed by atoms with Crippen LogP contribution >= 0.6 is 0 Å². The summed E-state index contributed by atoms with van der Waals surface area (Å²) >= 11 is 0. The van der Waals surface area contributed by atoms with Crippen LogP contribution in [0, 0.1) is 17.5 Å². The molecule has 1 rings (SSSR count). The molecule has 104 valence electrons. The van der Waals surface area contributed by atoms with Crippen molar-refractivity contribution in [2.75, 3.05) is 7.11 Å². The largest absolute Gasteiger partial charge is 0.467 e. The van der Waals surface area contributed by atoms with E-state index >= 15 is 0 Å². The smallest absolute Gasteiger partial charge is 0.328 e. The third kappa shape index (κ3) is 3.24. The molecular weight excluding hydrogens is 263 g/mol. The van der Waals surface area contributed by atoms with Crippen LogP contribution in [0.4, 0.5) is 13.2 Å². The SMILES string of the molecule is CCC(NC(=O)c1ccc(F)c(F)c1F)C(=O)OC. The van der Waals surface area contributed by atoms with Gasteiger partial charge in [-0.15, -0.1) is 0 Å². The van der Waals surface area contributed by atoms with Gasteiger partial charge in [0, 0.05) is 0 Å². The number of carbonyl (C=O) groups excluding carboxylic acids is 2. The second kappa shape index (κ2) is 6.21. The topological polar surface area (TPSA) is 55.4 Å². The highest BCUT2D eigenvalue weighted by Gasteiger charge is 2.24. The molecule has 4 nitrogen and oxygen atoms in total. The van der Waals surface area contributed by atoms with Crippen LogP contribution in [0.25, 0.3) is 0 Å². The Bertz CT molecular complexity index is 505. The molecule has 1 amide bonds. The van der Waals surface area contributed by atoms with Gasteiger partial charge < -0.3 is 10.1 Å². The first-order valence-corrected chi connectivity index (χ1v) is 5.44. The van der Waals surface area contributed by atoms with Gasteiger partial charge in [-0.05, 0) is 18.6 Å². The van der Waals surface area contributed by atoms with E-state index < -0.39 is 40.9 Å². The van der Waals surface area contributed by atoms with Crippen molar-refractivity contribution in [2.45, 2.75) is 19.4 Å². The Morgan fingerprint density at radius 1 is 1.26 bits per heavy atom. The molecule has 1 aromatic rings. The summed E-state index contributed by atoms with van der Waals surface area (Å²) in [5.74, 6) is -6.46. The monoisotopic (exact) mass is 275 g/mol. The van der Waals surface area contributed by atoms with E-state index in [0.29, 0.717) is 6.07 Å². The Morgan fingerprint density at radius 2 is 1.89 bits per heavy atom. The number of amides is 1. The first-order valence-electron chi connectivity index (χ1n) is 5.44. The first-order chi connectivity index (χ1) is 8.92. The van der Waals surface area contributed by atoms with E-state index in [4.69, 9.17) is 0 Å². The van der Waals surface area contributed by atoms with Crippen LogP contribution in [0.15, 0.2) is 12.1 Å². The molecule has 1 N–H and O–H groups in total. The van der Waals surface area contributed by atoms with Crippen molar-refractivity contribution in [3.63, 3.8) is 0 Å². The Morgan fingerprint density at radius 3 is 2.42 bits per heavy atom. The highest BCUT2D eigenvalue weighted by molar-refractivity contribution is 5.97. The number of nitrogens with one attached hydrogen (secondary N) is 1. The van der Waals surface area contributed by atoms with Gasteiger partial charge in [-0.25, -0.2) is 18.0 Å². The second-order valence-corrected chi connectivity index (χ2v) is 3.68. The van der Waals surface area contributed by atoms with E-state index in [9.17, 15) is 22.8 Å². The molecule has 0 aliphatic rings. The Labute approximate surface area is 107 Å².